The van der Waals surface area contributed by atoms with Crippen LogP contribution in [0.1, 0.15) is 18.3 Å². The third-order valence-corrected chi connectivity index (χ3v) is 4.45. The molecule has 1 aliphatic heterocycles. The Morgan fingerprint density at radius 3 is 2.52 bits per heavy atom. The fourth-order valence-electron chi connectivity index (χ4n) is 2.83. The molecule has 0 saturated carbocycles. The number of benzene rings is 1. The lowest BCUT2D eigenvalue weighted by Gasteiger charge is -2.27. The number of nitrogens with two attached hydrogens (primary N) is 1. The van der Waals surface area contributed by atoms with Gasteiger partial charge in [0.2, 0.25) is 5.95 Å². The monoisotopic (exact) mass is 387 g/mol. The fourth-order valence-corrected chi connectivity index (χ4v) is 3.05. The fraction of sp³-hybridized carbons (Fsp3) is 0.235. The van der Waals surface area contributed by atoms with E-state index in [1.807, 2.05) is 6.07 Å². The van der Waals surface area contributed by atoms with Gasteiger partial charge in [0.05, 0.1) is 6.33 Å². The van der Waals surface area contributed by atoms with Crippen molar-refractivity contribution in [2.75, 3.05) is 5.73 Å². The van der Waals surface area contributed by atoms with Gasteiger partial charge in [0.25, 0.3) is 6.29 Å². The highest BCUT2D eigenvalue weighted by atomic mass is 35.5. The van der Waals surface area contributed by atoms with Gasteiger partial charge in [-0.3, -0.25) is 9.59 Å². The summed E-state index contributed by atoms with van der Waals surface area (Å²) in [7, 11) is 0. The summed E-state index contributed by atoms with van der Waals surface area (Å²) in [5.74, 6) is -2.28. The van der Waals surface area contributed by atoms with Crippen molar-refractivity contribution in [1.82, 2.24) is 19.5 Å². The van der Waals surface area contributed by atoms with Gasteiger partial charge in [0.1, 0.15) is 5.52 Å². The Morgan fingerprint density at radius 2 is 1.81 bits per heavy atom. The van der Waals surface area contributed by atoms with Crippen molar-refractivity contribution >= 4 is 40.7 Å². The molecule has 0 bridgehead atoms. The number of cyclic esters (lactones) is 2. The molecule has 0 amide bonds. The van der Waals surface area contributed by atoms with Crippen LogP contribution < -0.4 is 5.73 Å². The smallest absolute Gasteiger partial charge is 0.323 e. The first-order chi connectivity index (χ1) is 13.0. The van der Waals surface area contributed by atoms with E-state index in [4.69, 9.17) is 26.8 Å². The molecule has 2 aromatic heterocycles. The number of nitrogens with zero attached hydrogens (tertiary/aromatic N) is 4. The molecule has 1 fully saturated rings. The van der Waals surface area contributed by atoms with Crippen molar-refractivity contribution in [1.29, 1.82) is 0 Å². The largest absolute Gasteiger partial charge is 0.420 e. The van der Waals surface area contributed by atoms with Crippen LogP contribution in [0.4, 0.5) is 5.95 Å². The molecule has 10 heteroatoms. The zero-order valence-corrected chi connectivity index (χ0v) is 14.7. The summed E-state index contributed by atoms with van der Waals surface area (Å²) in [5.41, 5.74) is 7.02. The van der Waals surface area contributed by atoms with Crippen molar-refractivity contribution in [3.05, 3.63) is 47.4 Å². The molecule has 0 atom stereocenters. The van der Waals surface area contributed by atoms with Crippen LogP contribution in [0.3, 0.4) is 0 Å². The maximum absolute atomic E-state index is 12.3. The highest BCUT2D eigenvalue weighted by Gasteiger charge is 2.39. The van der Waals surface area contributed by atoms with Crippen LogP contribution in [0, 0.1) is 5.92 Å². The Balaban J connectivity index is 1.48. The second-order valence-electron chi connectivity index (χ2n) is 5.94. The number of ether oxygens (including phenoxy) is 2. The van der Waals surface area contributed by atoms with Gasteiger partial charge in [0, 0.05) is 12.1 Å². The number of halogens is 1. The van der Waals surface area contributed by atoms with Crippen LogP contribution in [0.25, 0.3) is 11.2 Å². The van der Waals surface area contributed by atoms with Crippen LogP contribution in [0.2, 0.25) is 5.15 Å². The Hall–Kier alpha value is -3.20. The van der Waals surface area contributed by atoms with Gasteiger partial charge in [-0.1, -0.05) is 41.9 Å². The van der Waals surface area contributed by atoms with E-state index in [2.05, 4.69) is 15.0 Å². The van der Waals surface area contributed by atoms with Crippen molar-refractivity contribution in [3.8, 4) is 0 Å². The molecule has 4 rings (SSSR count). The summed E-state index contributed by atoms with van der Waals surface area (Å²) in [5, 5.41) is 0.137. The van der Waals surface area contributed by atoms with Gasteiger partial charge in [-0.2, -0.15) is 9.97 Å². The first-order valence-electron chi connectivity index (χ1n) is 8.12. The van der Waals surface area contributed by atoms with E-state index >= 15 is 0 Å². The second kappa shape index (κ2) is 6.84. The molecule has 0 aliphatic carbocycles. The maximum Gasteiger partial charge on any atom is 0.323 e. The quantitative estimate of drug-likeness (QED) is 0.409. The molecule has 0 radical (unpaired) electrons. The number of rotatable bonds is 4. The SMILES string of the molecule is Nc1nc(Cl)c2ncn(CCC3C(=O)OC(c4ccccc4)OC3=O)c2n1. The van der Waals surface area contributed by atoms with Crippen molar-refractivity contribution in [2.24, 2.45) is 5.92 Å². The Morgan fingerprint density at radius 1 is 1.11 bits per heavy atom. The summed E-state index contributed by atoms with van der Waals surface area (Å²) in [4.78, 5) is 36.7. The van der Waals surface area contributed by atoms with Crippen molar-refractivity contribution < 1.29 is 19.1 Å². The van der Waals surface area contributed by atoms with Gasteiger partial charge in [0.15, 0.2) is 16.7 Å². The minimum atomic E-state index is -1.03. The molecule has 0 unspecified atom stereocenters. The number of hydrogen-bond donors (Lipinski definition) is 1. The zero-order valence-electron chi connectivity index (χ0n) is 13.9. The van der Waals surface area contributed by atoms with Gasteiger partial charge in [-0.15, -0.1) is 0 Å². The van der Waals surface area contributed by atoms with Crippen LogP contribution in [0.15, 0.2) is 36.7 Å². The van der Waals surface area contributed by atoms with Crippen molar-refractivity contribution in [3.63, 3.8) is 0 Å². The lowest BCUT2D eigenvalue weighted by Crippen LogP contribution is -2.37. The maximum atomic E-state index is 12.3. The molecule has 0 spiro atoms. The summed E-state index contributed by atoms with van der Waals surface area (Å²) in [6.45, 7) is 0.272. The van der Waals surface area contributed by atoms with Gasteiger partial charge < -0.3 is 19.8 Å². The van der Waals surface area contributed by atoms with Crippen LogP contribution in [-0.4, -0.2) is 31.5 Å². The standard InChI is InChI=1S/C17H14ClN5O4/c18-12-11-13(22-17(19)21-12)23(8-20-11)7-6-10-14(24)26-16(27-15(10)25)9-4-2-1-3-5-9/h1-5,8,10,16H,6-7H2,(H2,19,21,22). The summed E-state index contributed by atoms with van der Waals surface area (Å²) >= 11 is 5.99. The Kier molecular flexibility index (Phi) is 4.36. The van der Waals surface area contributed by atoms with E-state index in [1.54, 1.807) is 28.8 Å². The molecule has 3 heterocycles. The number of carbonyl (C=O) groups is 2. The number of carbonyl (C=O) groups excluding carboxylic acids is 2. The zero-order chi connectivity index (χ0) is 19.0. The lowest BCUT2D eigenvalue weighted by molar-refractivity contribution is -0.214. The molecule has 1 aromatic carbocycles. The van der Waals surface area contributed by atoms with Crippen LogP contribution in [0.5, 0.6) is 0 Å². The number of hydrogen-bond acceptors (Lipinski definition) is 8. The van der Waals surface area contributed by atoms with Crippen LogP contribution in [-0.2, 0) is 25.6 Å². The van der Waals surface area contributed by atoms with Crippen LogP contribution >= 0.6 is 11.6 Å². The molecule has 27 heavy (non-hydrogen) atoms. The summed E-state index contributed by atoms with van der Waals surface area (Å²) < 4.78 is 12.2. The van der Waals surface area contributed by atoms with E-state index in [1.165, 1.54) is 6.33 Å². The van der Waals surface area contributed by atoms with E-state index in [0.29, 0.717) is 16.7 Å². The second-order valence-corrected chi connectivity index (χ2v) is 6.30. The topological polar surface area (TPSA) is 122 Å². The highest BCUT2D eigenvalue weighted by molar-refractivity contribution is 6.33. The normalized spacial score (nSPS) is 19.7. The first kappa shape index (κ1) is 17.2. The number of imidazole rings is 1. The molecule has 138 valence electrons. The minimum Gasteiger partial charge on any atom is -0.420 e. The molecule has 3 aromatic rings. The molecule has 1 aliphatic rings. The number of anilines is 1. The number of fused-ring (bicyclic) bond motifs is 1. The molecule has 9 nitrogen and oxygen atoms in total. The molecule has 2 N–H and O–H groups in total. The number of esters is 2. The van der Waals surface area contributed by atoms with Gasteiger partial charge in [-0.05, 0) is 6.42 Å². The minimum absolute atomic E-state index is 0.0106. The van der Waals surface area contributed by atoms with Gasteiger partial charge >= 0.3 is 11.9 Å². The average Bonchev–Trinajstić information content (AvgIpc) is 3.05. The predicted molar refractivity (Wildman–Crippen MR) is 94.2 cm³/mol. The van der Waals surface area contributed by atoms with Crippen molar-refractivity contribution in [2.45, 2.75) is 19.3 Å². The van der Waals surface area contributed by atoms with E-state index in [-0.39, 0.29) is 24.1 Å². The Labute approximate surface area is 158 Å². The lowest BCUT2D eigenvalue weighted by atomic mass is 10.0. The highest BCUT2D eigenvalue weighted by Crippen LogP contribution is 2.29. The summed E-state index contributed by atoms with van der Waals surface area (Å²) in [6.07, 6.45) is 0.631. The average molecular weight is 388 g/mol. The van der Waals surface area contributed by atoms with E-state index in [0.717, 1.165) is 0 Å². The molecular formula is C17H14ClN5O4. The number of nitrogen functional groups attached to an aromatic ring is 1. The van der Waals surface area contributed by atoms with E-state index < -0.39 is 24.1 Å². The number of aromatic nitrogens is 4. The van der Waals surface area contributed by atoms with E-state index in [9.17, 15) is 9.59 Å². The first-order valence-corrected chi connectivity index (χ1v) is 8.50. The third-order valence-electron chi connectivity index (χ3n) is 4.18. The number of aryl methyl sites for hydroxylation is 1. The van der Waals surface area contributed by atoms with Gasteiger partial charge in [-0.25, -0.2) is 4.98 Å². The predicted octanol–water partition coefficient (Wildman–Crippen LogP) is 1.87. The summed E-state index contributed by atoms with van der Waals surface area (Å²) in [6, 6.07) is 8.79. The molecular weight excluding hydrogens is 374 g/mol. The molecule has 1 saturated heterocycles. The Bertz CT molecular complexity index is 1000. The third kappa shape index (κ3) is 3.28.